The first-order chi connectivity index (χ1) is 11.6. The van der Waals surface area contributed by atoms with Crippen molar-refractivity contribution in [3.05, 3.63) is 65.2 Å². The molecule has 4 heteroatoms. The molecule has 126 valence electrons. The molecule has 1 unspecified atom stereocenters. The van der Waals surface area contributed by atoms with Crippen LogP contribution in [0, 0.1) is 6.92 Å². The zero-order valence-electron chi connectivity index (χ0n) is 14.5. The number of rotatable bonds is 5. The molecule has 0 saturated heterocycles. The van der Waals surface area contributed by atoms with Crippen molar-refractivity contribution in [2.45, 2.75) is 12.8 Å². The number of nitrogens with zero attached hydrogens (tertiary/aromatic N) is 2. The smallest absolute Gasteiger partial charge is 0.129 e. The largest absolute Gasteiger partial charge is 0.492 e. The highest BCUT2D eigenvalue weighted by molar-refractivity contribution is 6.07. The molecule has 0 saturated carbocycles. The number of aryl methyl sites for hydroxylation is 1. The van der Waals surface area contributed by atoms with E-state index in [0.717, 1.165) is 23.6 Å². The van der Waals surface area contributed by atoms with Crippen LogP contribution in [0.1, 0.15) is 22.6 Å². The van der Waals surface area contributed by atoms with Crippen molar-refractivity contribution < 1.29 is 9.57 Å². The number of hydrogen-bond donors (Lipinski definition) is 0. The van der Waals surface area contributed by atoms with E-state index in [2.05, 4.69) is 41.2 Å². The molecule has 2 aromatic rings. The van der Waals surface area contributed by atoms with E-state index in [9.17, 15) is 0 Å². The lowest BCUT2D eigenvalue weighted by Gasteiger charge is -2.27. The fourth-order valence-electron chi connectivity index (χ4n) is 2.75. The summed E-state index contributed by atoms with van der Waals surface area (Å²) in [5, 5.41) is 4.49. The van der Waals surface area contributed by atoms with Crippen molar-refractivity contribution in [2.24, 2.45) is 5.16 Å². The number of para-hydroxylation sites is 1. The van der Waals surface area contributed by atoms with Crippen molar-refractivity contribution in [2.75, 3.05) is 33.9 Å². The van der Waals surface area contributed by atoms with Crippen LogP contribution in [0.4, 0.5) is 0 Å². The van der Waals surface area contributed by atoms with Crippen LogP contribution in [0.15, 0.2) is 53.7 Å². The molecule has 0 fully saturated rings. The third-order valence-corrected chi connectivity index (χ3v) is 4.17. The van der Waals surface area contributed by atoms with Crippen LogP contribution >= 0.6 is 0 Å². The topological polar surface area (TPSA) is 34.1 Å². The maximum atomic E-state index is 5.95. The summed E-state index contributed by atoms with van der Waals surface area (Å²) in [6.07, 6.45) is 0. The van der Waals surface area contributed by atoms with Crippen LogP contribution in [-0.2, 0) is 4.84 Å². The molecule has 1 heterocycles. The van der Waals surface area contributed by atoms with Crippen LogP contribution in [0.25, 0.3) is 0 Å². The van der Waals surface area contributed by atoms with E-state index in [0.29, 0.717) is 13.2 Å². The predicted octanol–water partition coefficient (Wildman–Crippen LogP) is 3.45. The van der Waals surface area contributed by atoms with Crippen molar-refractivity contribution in [3.63, 3.8) is 0 Å². The third-order valence-electron chi connectivity index (χ3n) is 4.17. The Morgan fingerprint density at radius 2 is 1.88 bits per heavy atom. The average Bonchev–Trinajstić information content (AvgIpc) is 2.59. The molecule has 0 amide bonds. The molecule has 4 nitrogen and oxygen atoms in total. The monoisotopic (exact) mass is 324 g/mol. The molecule has 3 rings (SSSR count). The molecule has 0 N–H and O–H groups in total. The van der Waals surface area contributed by atoms with Gasteiger partial charge in [0.05, 0.1) is 5.92 Å². The number of fused-ring (bicyclic) bond motifs is 1. The van der Waals surface area contributed by atoms with E-state index in [1.54, 1.807) is 0 Å². The van der Waals surface area contributed by atoms with Crippen molar-refractivity contribution in [3.8, 4) is 5.75 Å². The molecule has 0 radical (unpaired) electrons. The zero-order valence-corrected chi connectivity index (χ0v) is 14.5. The van der Waals surface area contributed by atoms with E-state index in [-0.39, 0.29) is 5.92 Å². The predicted molar refractivity (Wildman–Crippen MR) is 96.9 cm³/mol. The zero-order chi connectivity index (χ0) is 16.9. The number of likely N-dealkylation sites (N-methyl/N-ethyl adjacent to an activating group) is 1. The highest BCUT2D eigenvalue weighted by Crippen LogP contribution is 2.33. The molecule has 1 aliphatic rings. The van der Waals surface area contributed by atoms with Gasteiger partial charge in [-0.1, -0.05) is 47.1 Å². The second kappa shape index (κ2) is 7.49. The number of hydrogen-bond acceptors (Lipinski definition) is 4. The summed E-state index contributed by atoms with van der Waals surface area (Å²) < 4.78 is 5.95. The van der Waals surface area contributed by atoms with Gasteiger partial charge >= 0.3 is 0 Å². The van der Waals surface area contributed by atoms with Gasteiger partial charge in [0.15, 0.2) is 0 Å². The highest BCUT2D eigenvalue weighted by atomic mass is 16.6. The molecule has 0 spiro atoms. The summed E-state index contributed by atoms with van der Waals surface area (Å²) >= 11 is 0. The molecule has 2 aromatic carbocycles. The van der Waals surface area contributed by atoms with E-state index in [1.807, 2.05) is 38.4 Å². The molecule has 0 bridgehead atoms. The summed E-state index contributed by atoms with van der Waals surface area (Å²) in [7, 11) is 4.05. The first-order valence-corrected chi connectivity index (χ1v) is 8.28. The van der Waals surface area contributed by atoms with Gasteiger partial charge < -0.3 is 14.5 Å². The maximum absolute atomic E-state index is 5.95. The van der Waals surface area contributed by atoms with Gasteiger partial charge in [-0.3, -0.25) is 0 Å². The Hall–Kier alpha value is -2.33. The standard InChI is InChI=1S/C20H24N2O2/c1-15-8-10-16(11-9-15)18-14-23-19-7-5-4-6-17(19)20(18)21-24-13-12-22(2)3/h4-11,18H,12-14H2,1-3H3. The van der Waals surface area contributed by atoms with E-state index in [4.69, 9.17) is 9.57 Å². The lowest BCUT2D eigenvalue weighted by atomic mass is 9.88. The van der Waals surface area contributed by atoms with Crippen LogP contribution in [-0.4, -0.2) is 44.5 Å². The molecule has 1 atom stereocenters. The van der Waals surface area contributed by atoms with Gasteiger partial charge in [0, 0.05) is 12.1 Å². The molecule has 24 heavy (non-hydrogen) atoms. The number of oxime groups is 1. The van der Waals surface area contributed by atoms with Gasteiger partial charge in [0.2, 0.25) is 0 Å². The van der Waals surface area contributed by atoms with Gasteiger partial charge in [-0.25, -0.2) is 0 Å². The molecule has 1 aliphatic heterocycles. The van der Waals surface area contributed by atoms with Gasteiger partial charge in [0.25, 0.3) is 0 Å². The summed E-state index contributed by atoms with van der Waals surface area (Å²) in [4.78, 5) is 7.69. The SMILES string of the molecule is Cc1ccc(C2COc3ccccc3C2=NOCCN(C)C)cc1. The Labute approximate surface area is 143 Å². The fraction of sp³-hybridized carbons (Fsp3) is 0.350. The van der Waals surface area contributed by atoms with Gasteiger partial charge in [-0.2, -0.15) is 0 Å². The Morgan fingerprint density at radius 3 is 2.62 bits per heavy atom. The highest BCUT2D eigenvalue weighted by Gasteiger charge is 2.28. The van der Waals surface area contributed by atoms with Crippen LogP contribution < -0.4 is 4.74 Å². The Kier molecular flexibility index (Phi) is 5.16. The summed E-state index contributed by atoms with van der Waals surface area (Å²) in [6.45, 7) is 4.08. The van der Waals surface area contributed by atoms with Crippen LogP contribution in [0.2, 0.25) is 0 Å². The minimum Gasteiger partial charge on any atom is -0.492 e. The van der Waals surface area contributed by atoms with Gasteiger partial charge in [-0.15, -0.1) is 0 Å². The lowest BCUT2D eigenvalue weighted by Crippen LogP contribution is -2.27. The van der Waals surface area contributed by atoms with Crippen LogP contribution in [0.3, 0.4) is 0 Å². The fourth-order valence-corrected chi connectivity index (χ4v) is 2.75. The summed E-state index contributed by atoms with van der Waals surface area (Å²) in [6, 6.07) is 16.6. The van der Waals surface area contributed by atoms with Crippen LogP contribution in [0.5, 0.6) is 5.75 Å². The Balaban J connectivity index is 1.89. The third kappa shape index (κ3) is 3.77. The Morgan fingerprint density at radius 1 is 1.12 bits per heavy atom. The van der Waals surface area contributed by atoms with E-state index >= 15 is 0 Å². The molecule has 0 aromatic heterocycles. The van der Waals surface area contributed by atoms with Gasteiger partial charge in [0.1, 0.15) is 24.7 Å². The summed E-state index contributed by atoms with van der Waals surface area (Å²) in [5.41, 5.74) is 4.40. The van der Waals surface area contributed by atoms with Gasteiger partial charge in [-0.05, 0) is 38.7 Å². The first kappa shape index (κ1) is 16.5. The quantitative estimate of drug-likeness (QED) is 0.624. The second-order valence-electron chi connectivity index (χ2n) is 6.38. The molecular weight excluding hydrogens is 300 g/mol. The number of ether oxygens (including phenoxy) is 1. The minimum absolute atomic E-state index is 0.0832. The van der Waals surface area contributed by atoms with Crippen molar-refractivity contribution >= 4 is 5.71 Å². The first-order valence-electron chi connectivity index (χ1n) is 8.28. The maximum Gasteiger partial charge on any atom is 0.129 e. The van der Waals surface area contributed by atoms with E-state index in [1.165, 1.54) is 11.1 Å². The van der Waals surface area contributed by atoms with Crippen molar-refractivity contribution in [1.82, 2.24) is 4.90 Å². The molecule has 0 aliphatic carbocycles. The average molecular weight is 324 g/mol. The normalized spacial score (nSPS) is 18.3. The second-order valence-corrected chi connectivity index (χ2v) is 6.38. The molecular formula is C20H24N2O2. The number of benzene rings is 2. The van der Waals surface area contributed by atoms with Crippen molar-refractivity contribution in [1.29, 1.82) is 0 Å². The minimum atomic E-state index is 0.0832. The summed E-state index contributed by atoms with van der Waals surface area (Å²) in [5.74, 6) is 0.954. The Bertz CT molecular complexity index is 708. The van der Waals surface area contributed by atoms with E-state index < -0.39 is 0 Å². The lowest BCUT2D eigenvalue weighted by molar-refractivity contribution is 0.124.